The van der Waals surface area contributed by atoms with Crippen molar-refractivity contribution in [1.82, 2.24) is 0 Å². The second-order valence-corrected chi connectivity index (χ2v) is 4.27. The van der Waals surface area contributed by atoms with Gasteiger partial charge >= 0.3 is 7.82 Å². The summed E-state index contributed by atoms with van der Waals surface area (Å²) in [6, 6.07) is 6.01. The van der Waals surface area contributed by atoms with Crippen LogP contribution < -0.4 is 4.52 Å². The number of phosphoric acid groups is 1. The van der Waals surface area contributed by atoms with Crippen molar-refractivity contribution in [1.29, 1.82) is 0 Å². The lowest BCUT2D eigenvalue weighted by molar-refractivity contribution is -0.116. The average Bonchev–Trinajstić information content (AvgIpc) is 2.05. The number of Topliss-reactive ketones (excluding diaryl/α,β-unsaturated/α-hetero) is 1. The van der Waals surface area contributed by atoms with Gasteiger partial charge in [-0.2, -0.15) is 0 Å². The molecule has 0 aliphatic heterocycles. The Morgan fingerprint density at radius 1 is 1.33 bits per heavy atom. The minimum Gasteiger partial charge on any atom is -0.404 e. The number of carbonyl (C=O) groups excluding carboxylic acids is 1. The Morgan fingerprint density at radius 3 is 2.27 bits per heavy atom. The first-order chi connectivity index (χ1) is 6.87. The van der Waals surface area contributed by atoms with E-state index in [1.165, 1.54) is 19.1 Å². The lowest BCUT2D eigenvalue weighted by atomic mass is 10.1. The van der Waals surface area contributed by atoms with Crippen LogP contribution in [0, 0.1) is 0 Å². The van der Waals surface area contributed by atoms with Crippen molar-refractivity contribution in [3.05, 3.63) is 29.8 Å². The summed E-state index contributed by atoms with van der Waals surface area (Å²) in [7, 11) is -4.50. The number of ketones is 1. The van der Waals surface area contributed by atoms with Gasteiger partial charge in [0.1, 0.15) is 11.5 Å². The molecule has 15 heavy (non-hydrogen) atoms. The van der Waals surface area contributed by atoms with Crippen LogP contribution in [0.1, 0.15) is 12.5 Å². The summed E-state index contributed by atoms with van der Waals surface area (Å²) in [4.78, 5) is 27.8. The summed E-state index contributed by atoms with van der Waals surface area (Å²) >= 11 is 0. The van der Waals surface area contributed by atoms with Crippen molar-refractivity contribution in [2.24, 2.45) is 0 Å². The van der Waals surface area contributed by atoms with E-state index in [9.17, 15) is 9.36 Å². The third kappa shape index (κ3) is 4.74. The van der Waals surface area contributed by atoms with E-state index in [0.717, 1.165) is 5.56 Å². The van der Waals surface area contributed by atoms with Gasteiger partial charge in [-0.25, -0.2) is 4.57 Å². The van der Waals surface area contributed by atoms with Gasteiger partial charge in [0.05, 0.1) is 0 Å². The predicted octanol–water partition coefficient (Wildman–Crippen LogP) is 1.29. The highest BCUT2D eigenvalue weighted by atomic mass is 31.2. The molecule has 0 aliphatic carbocycles. The predicted molar refractivity (Wildman–Crippen MR) is 53.5 cm³/mol. The van der Waals surface area contributed by atoms with Gasteiger partial charge in [-0.1, -0.05) is 12.1 Å². The van der Waals surface area contributed by atoms with Gasteiger partial charge < -0.3 is 4.52 Å². The molecule has 2 N–H and O–H groups in total. The minimum absolute atomic E-state index is 0.0265. The van der Waals surface area contributed by atoms with Crippen LogP contribution in [0.25, 0.3) is 0 Å². The van der Waals surface area contributed by atoms with Gasteiger partial charge in [0.15, 0.2) is 0 Å². The Hall–Kier alpha value is -1.16. The molecule has 0 unspecified atom stereocenters. The zero-order chi connectivity index (χ0) is 11.5. The molecule has 0 aliphatic rings. The van der Waals surface area contributed by atoms with Crippen LogP contribution in [0.3, 0.4) is 0 Å². The zero-order valence-electron chi connectivity index (χ0n) is 8.08. The molecular formula is C9H11O5P. The molecule has 0 spiro atoms. The third-order valence-electron chi connectivity index (χ3n) is 1.60. The molecule has 0 heterocycles. The molecule has 82 valence electrons. The molecule has 0 atom stereocenters. The fourth-order valence-electron chi connectivity index (χ4n) is 1.09. The maximum Gasteiger partial charge on any atom is 0.524 e. The minimum atomic E-state index is -4.50. The Bertz CT molecular complexity index is 391. The van der Waals surface area contributed by atoms with E-state index < -0.39 is 7.82 Å². The van der Waals surface area contributed by atoms with Gasteiger partial charge in [0.2, 0.25) is 0 Å². The average molecular weight is 230 g/mol. The normalized spacial score (nSPS) is 11.1. The first-order valence-electron chi connectivity index (χ1n) is 4.20. The molecule has 0 amide bonds. The Morgan fingerprint density at radius 2 is 1.87 bits per heavy atom. The number of rotatable bonds is 4. The first kappa shape index (κ1) is 11.9. The van der Waals surface area contributed by atoms with Crippen molar-refractivity contribution in [2.45, 2.75) is 13.3 Å². The van der Waals surface area contributed by atoms with Gasteiger partial charge in [-0.15, -0.1) is 0 Å². The standard InChI is InChI=1S/C9H11O5P/c1-7(10)6-8-2-4-9(5-3-8)14-15(11,12)13/h2-5H,6H2,1H3,(H2,11,12,13). The molecule has 0 saturated carbocycles. The van der Waals surface area contributed by atoms with E-state index in [1.807, 2.05) is 0 Å². The third-order valence-corrected chi connectivity index (χ3v) is 2.05. The van der Waals surface area contributed by atoms with Gasteiger partial charge in [-0.3, -0.25) is 14.6 Å². The molecule has 6 heteroatoms. The Labute approximate surface area is 86.9 Å². The highest BCUT2D eigenvalue weighted by molar-refractivity contribution is 7.46. The fraction of sp³-hybridized carbons (Fsp3) is 0.222. The van der Waals surface area contributed by atoms with Crippen molar-refractivity contribution in [2.75, 3.05) is 0 Å². The number of phosphoric ester groups is 1. The summed E-state index contributed by atoms with van der Waals surface area (Å²) in [6.07, 6.45) is 0.302. The van der Waals surface area contributed by atoms with Crippen molar-refractivity contribution in [3.8, 4) is 5.75 Å². The van der Waals surface area contributed by atoms with E-state index in [1.54, 1.807) is 12.1 Å². The largest absolute Gasteiger partial charge is 0.524 e. The second kappa shape index (κ2) is 4.57. The van der Waals surface area contributed by atoms with Crippen LogP contribution in [-0.2, 0) is 15.8 Å². The van der Waals surface area contributed by atoms with Crippen molar-refractivity contribution >= 4 is 13.6 Å². The van der Waals surface area contributed by atoms with E-state index in [2.05, 4.69) is 4.52 Å². The van der Waals surface area contributed by atoms with Gasteiger partial charge in [0.25, 0.3) is 0 Å². The number of hydrogen-bond acceptors (Lipinski definition) is 3. The molecule has 1 aromatic rings. The van der Waals surface area contributed by atoms with Crippen LogP contribution >= 0.6 is 7.82 Å². The van der Waals surface area contributed by atoms with E-state index in [0.29, 0.717) is 6.42 Å². The van der Waals surface area contributed by atoms with Crippen molar-refractivity contribution < 1.29 is 23.7 Å². The SMILES string of the molecule is CC(=O)Cc1ccc(OP(=O)(O)O)cc1. The summed E-state index contributed by atoms with van der Waals surface area (Å²) in [5.41, 5.74) is 0.778. The van der Waals surface area contributed by atoms with Crippen LogP contribution in [0.5, 0.6) is 5.75 Å². The summed E-state index contributed by atoms with van der Waals surface area (Å²) in [5.74, 6) is 0.106. The zero-order valence-corrected chi connectivity index (χ0v) is 8.98. The molecule has 1 aromatic carbocycles. The van der Waals surface area contributed by atoms with E-state index >= 15 is 0 Å². The van der Waals surface area contributed by atoms with Crippen LogP contribution in [0.2, 0.25) is 0 Å². The van der Waals surface area contributed by atoms with Gasteiger partial charge in [-0.05, 0) is 24.6 Å². The molecule has 0 fully saturated rings. The highest BCUT2D eigenvalue weighted by Gasteiger charge is 2.15. The van der Waals surface area contributed by atoms with E-state index in [4.69, 9.17) is 9.79 Å². The van der Waals surface area contributed by atoms with Crippen LogP contribution in [0.15, 0.2) is 24.3 Å². The quantitative estimate of drug-likeness (QED) is 0.761. The first-order valence-corrected chi connectivity index (χ1v) is 5.73. The van der Waals surface area contributed by atoms with Gasteiger partial charge in [0, 0.05) is 6.42 Å². The van der Waals surface area contributed by atoms with E-state index in [-0.39, 0.29) is 11.5 Å². The number of benzene rings is 1. The fourth-order valence-corrected chi connectivity index (χ4v) is 1.49. The molecule has 1 rings (SSSR count). The topological polar surface area (TPSA) is 83.8 Å². The molecular weight excluding hydrogens is 219 g/mol. The summed E-state index contributed by atoms with van der Waals surface area (Å²) < 4.78 is 14.8. The molecule has 0 bridgehead atoms. The van der Waals surface area contributed by atoms with Crippen LogP contribution in [0.4, 0.5) is 0 Å². The highest BCUT2D eigenvalue weighted by Crippen LogP contribution is 2.37. The summed E-state index contributed by atoms with van der Waals surface area (Å²) in [5, 5.41) is 0. The monoisotopic (exact) mass is 230 g/mol. The lowest BCUT2D eigenvalue weighted by Crippen LogP contribution is -1.96. The molecule has 0 radical (unpaired) electrons. The maximum atomic E-state index is 10.8. The Balaban J connectivity index is 2.72. The van der Waals surface area contributed by atoms with Crippen LogP contribution in [-0.4, -0.2) is 15.6 Å². The lowest BCUT2D eigenvalue weighted by Gasteiger charge is -2.06. The second-order valence-electron chi connectivity index (χ2n) is 3.10. The summed E-state index contributed by atoms with van der Waals surface area (Å²) in [6.45, 7) is 1.47. The maximum absolute atomic E-state index is 10.8. The van der Waals surface area contributed by atoms with Crippen molar-refractivity contribution in [3.63, 3.8) is 0 Å². The molecule has 5 nitrogen and oxygen atoms in total. The smallest absolute Gasteiger partial charge is 0.404 e. The Kier molecular flexibility index (Phi) is 3.63. The number of carbonyl (C=O) groups is 1. The molecule has 0 aromatic heterocycles. The molecule has 0 saturated heterocycles. The number of hydrogen-bond donors (Lipinski definition) is 2.